The fourth-order valence-electron chi connectivity index (χ4n) is 3.90. The molecule has 0 radical (unpaired) electrons. The molecule has 0 bridgehead atoms. The van der Waals surface area contributed by atoms with E-state index in [4.69, 9.17) is 0 Å². The Kier molecular flexibility index (Phi) is 2.88. The lowest BCUT2D eigenvalue weighted by atomic mass is 9.71. The molecule has 2 fully saturated rings. The molecular weight excluding hydrogens is 170 g/mol. The summed E-state index contributed by atoms with van der Waals surface area (Å²) in [6.07, 6.45) is 8.74. The Balaban J connectivity index is 2.15. The third-order valence-corrected chi connectivity index (χ3v) is 4.51. The van der Waals surface area contributed by atoms with E-state index in [1.54, 1.807) is 0 Å². The summed E-state index contributed by atoms with van der Waals surface area (Å²) in [5.74, 6) is 1.88. The summed E-state index contributed by atoms with van der Waals surface area (Å²) in [6.45, 7) is 7.05. The van der Waals surface area contributed by atoms with Gasteiger partial charge in [0, 0.05) is 11.6 Å². The van der Waals surface area contributed by atoms with Gasteiger partial charge in [0.15, 0.2) is 0 Å². The van der Waals surface area contributed by atoms with Gasteiger partial charge in [-0.3, -0.25) is 0 Å². The number of nitrogens with one attached hydrogen (secondary N) is 1. The molecule has 0 heterocycles. The molecule has 1 nitrogen and oxygen atoms in total. The maximum Gasteiger partial charge on any atom is 0.0237 e. The van der Waals surface area contributed by atoms with Crippen LogP contribution in [0.3, 0.4) is 0 Å². The second-order valence-electron chi connectivity index (χ2n) is 5.76. The van der Waals surface area contributed by atoms with Crippen LogP contribution in [0.2, 0.25) is 0 Å². The first-order valence-corrected chi connectivity index (χ1v) is 6.43. The maximum atomic E-state index is 3.91. The van der Waals surface area contributed by atoms with Crippen molar-refractivity contribution in [3.63, 3.8) is 0 Å². The van der Waals surface area contributed by atoms with Gasteiger partial charge < -0.3 is 5.32 Å². The van der Waals surface area contributed by atoms with Crippen molar-refractivity contribution >= 4 is 0 Å². The Morgan fingerprint density at radius 1 is 1.14 bits per heavy atom. The zero-order valence-electron chi connectivity index (χ0n) is 9.97. The summed E-state index contributed by atoms with van der Waals surface area (Å²) < 4.78 is 0. The first-order valence-electron chi connectivity index (χ1n) is 6.43. The van der Waals surface area contributed by atoms with Crippen molar-refractivity contribution in [2.24, 2.45) is 11.8 Å². The van der Waals surface area contributed by atoms with Gasteiger partial charge in [0.2, 0.25) is 0 Å². The number of hydrogen-bond acceptors (Lipinski definition) is 1. The van der Waals surface area contributed by atoms with E-state index in [0.717, 1.165) is 11.8 Å². The summed E-state index contributed by atoms with van der Waals surface area (Å²) in [5.41, 5.74) is 0.520. The van der Waals surface area contributed by atoms with E-state index < -0.39 is 0 Å². The molecule has 1 N–H and O–H groups in total. The van der Waals surface area contributed by atoms with Crippen LogP contribution in [0.5, 0.6) is 0 Å². The third kappa shape index (κ3) is 1.60. The van der Waals surface area contributed by atoms with Crippen LogP contribution in [0, 0.1) is 11.8 Å². The van der Waals surface area contributed by atoms with Crippen molar-refractivity contribution < 1.29 is 0 Å². The molecule has 0 aromatic rings. The van der Waals surface area contributed by atoms with Gasteiger partial charge in [0.05, 0.1) is 0 Å². The topological polar surface area (TPSA) is 12.0 Å². The van der Waals surface area contributed by atoms with Gasteiger partial charge in [-0.15, -0.1) is 0 Å². The van der Waals surface area contributed by atoms with Crippen molar-refractivity contribution in [1.82, 2.24) is 5.32 Å². The van der Waals surface area contributed by atoms with Crippen molar-refractivity contribution in [3.8, 4) is 0 Å². The molecule has 1 heteroatoms. The minimum Gasteiger partial charge on any atom is -0.309 e. The molecule has 14 heavy (non-hydrogen) atoms. The SMILES string of the molecule is CC(C)N[C@@]12CCCCC1CC[C@@H]2C. The van der Waals surface area contributed by atoms with Crippen LogP contribution in [-0.2, 0) is 0 Å². The molecule has 0 saturated heterocycles. The lowest BCUT2D eigenvalue weighted by Gasteiger charge is -2.45. The Morgan fingerprint density at radius 2 is 1.93 bits per heavy atom. The predicted octanol–water partition coefficient (Wildman–Crippen LogP) is 3.34. The molecule has 2 rings (SSSR count). The molecule has 2 aliphatic rings. The van der Waals surface area contributed by atoms with Crippen LogP contribution >= 0.6 is 0 Å². The second-order valence-corrected chi connectivity index (χ2v) is 5.76. The second kappa shape index (κ2) is 3.84. The highest BCUT2D eigenvalue weighted by molar-refractivity contribution is 5.05. The van der Waals surface area contributed by atoms with Crippen LogP contribution < -0.4 is 5.32 Å². The Bertz CT molecular complexity index is 197. The van der Waals surface area contributed by atoms with Crippen molar-refractivity contribution in [1.29, 1.82) is 0 Å². The zero-order chi connectivity index (χ0) is 10.2. The lowest BCUT2D eigenvalue weighted by molar-refractivity contribution is 0.123. The zero-order valence-corrected chi connectivity index (χ0v) is 9.97. The number of hydrogen-bond donors (Lipinski definition) is 1. The molecular formula is C13H25N. The fraction of sp³-hybridized carbons (Fsp3) is 1.00. The van der Waals surface area contributed by atoms with Gasteiger partial charge in [-0.2, -0.15) is 0 Å². The monoisotopic (exact) mass is 195 g/mol. The fourth-order valence-corrected chi connectivity index (χ4v) is 3.90. The average molecular weight is 195 g/mol. The van der Waals surface area contributed by atoms with Gasteiger partial charge in [0.25, 0.3) is 0 Å². The predicted molar refractivity (Wildman–Crippen MR) is 61.4 cm³/mol. The largest absolute Gasteiger partial charge is 0.309 e. The molecule has 2 aliphatic carbocycles. The highest BCUT2D eigenvalue weighted by Crippen LogP contribution is 2.49. The summed E-state index contributed by atoms with van der Waals surface area (Å²) in [5, 5.41) is 3.91. The van der Waals surface area contributed by atoms with E-state index in [9.17, 15) is 0 Å². The molecule has 0 aromatic heterocycles. The molecule has 0 spiro atoms. The van der Waals surface area contributed by atoms with Crippen LogP contribution in [0.4, 0.5) is 0 Å². The smallest absolute Gasteiger partial charge is 0.0237 e. The number of rotatable bonds is 2. The van der Waals surface area contributed by atoms with E-state index in [2.05, 4.69) is 26.1 Å². The van der Waals surface area contributed by atoms with Gasteiger partial charge >= 0.3 is 0 Å². The van der Waals surface area contributed by atoms with Gasteiger partial charge in [-0.05, 0) is 37.5 Å². The molecule has 2 saturated carbocycles. The van der Waals surface area contributed by atoms with Crippen molar-refractivity contribution in [2.45, 2.75) is 70.9 Å². The van der Waals surface area contributed by atoms with Crippen LogP contribution in [0.1, 0.15) is 59.3 Å². The van der Waals surface area contributed by atoms with Crippen LogP contribution in [0.15, 0.2) is 0 Å². The highest BCUT2D eigenvalue weighted by Gasteiger charge is 2.48. The first kappa shape index (κ1) is 10.5. The van der Waals surface area contributed by atoms with Gasteiger partial charge in [0.1, 0.15) is 0 Å². The van der Waals surface area contributed by atoms with Crippen LogP contribution in [0.25, 0.3) is 0 Å². The van der Waals surface area contributed by atoms with E-state index in [1.165, 1.54) is 38.5 Å². The standard InChI is InChI=1S/C13H25N/c1-10(2)14-13-9-5-4-6-12(13)8-7-11(13)3/h10-12,14H,4-9H2,1-3H3/t11-,12?,13+/m0/s1. The highest BCUT2D eigenvalue weighted by atomic mass is 15.0. The summed E-state index contributed by atoms with van der Waals surface area (Å²) in [6, 6.07) is 0.649. The molecule has 0 amide bonds. The minimum absolute atomic E-state index is 0.520. The van der Waals surface area contributed by atoms with Gasteiger partial charge in [-0.1, -0.05) is 33.6 Å². The minimum atomic E-state index is 0.520. The van der Waals surface area contributed by atoms with Crippen LogP contribution in [-0.4, -0.2) is 11.6 Å². The Labute approximate surface area is 88.7 Å². The number of fused-ring (bicyclic) bond motifs is 1. The first-order chi connectivity index (χ1) is 6.65. The van der Waals surface area contributed by atoms with E-state index >= 15 is 0 Å². The third-order valence-electron chi connectivity index (χ3n) is 4.51. The molecule has 82 valence electrons. The summed E-state index contributed by atoms with van der Waals surface area (Å²) in [7, 11) is 0. The normalized spacial score (nSPS) is 42.9. The van der Waals surface area contributed by atoms with E-state index in [1.807, 2.05) is 0 Å². The summed E-state index contributed by atoms with van der Waals surface area (Å²) in [4.78, 5) is 0. The Hall–Kier alpha value is -0.0400. The lowest BCUT2D eigenvalue weighted by Crippen LogP contribution is -2.56. The average Bonchev–Trinajstić information content (AvgIpc) is 2.44. The van der Waals surface area contributed by atoms with Crippen molar-refractivity contribution in [3.05, 3.63) is 0 Å². The van der Waals surface area contributed by atoms with Gasteiger partial charge in [-0.25, -0.2) is 0 Å². The summed E-state index contributed by atoms with van der Waals surface area (Å²) >= 11 is 0. The molecule has 0 aromatic carbocycles. The van der Waals surface area contributed by atoms with E-state index in [-0.39, 0.29) is 0 Å². The maximum absolute atomic E-state index is 3.91. The molecule has 1 unspecified atom stereocenters. The van der Waals surface area contributed by atoms with Crippen molar-refractivity contribution in [2.75, 3.05) is 0 Å². The van der Waals surface area contributed by atoms with E-state index in [0.29, 0.717) is 11.6 Å². The molecule has 3 atom stereocenters. The molecule has 0 aliphatic heterocycles. The quantitative estimate of drug-likeness (QED) is 0.712. The Morgan fingerprint density at radius 3 is 2.64 bits per heavy atom.